The molecule has 8 heteroatoms. The van der Waals surface area contributed by atoms with Crippen LogP contribution in [-0.2, 0) is 23.4 Å². The number of H-pyrrole nitrogens is 1. The van der Waals surface area contributed by atoms with Crippen molar-refractivity contribution in [3.63, 3.8) is 0 Å². The molecule has 3 heterocycles. The number of rotatable bonds is 6. The van der Waals surface area contributed by atoms with Crippen LogP contribution in [0.5, 0.6) is 5.75 Å². The molecule has 166 valence electrons. The molecule has 0 saturated heterocycles. The molecule has 0 aliphatic heterocycles. The molecule has 0 unspecified atom stereocenters. The standard InChI is InChI=1S/C25H20N2O4S2/c28-22(30-14-8-9-19-17(12-14)15-4-1-2-6-18(15)31-19)10-11-32-13-21-26-24(29)23-16-5-3-7-20(16)33-25(23)27-21/h1-2,4,6,8-9,12H,3,5,7,10-11,13H2,(H,26,27,29). The van der Waals surface area contributed by atoms with Crippen molar-refractivity contribution in [3.05, 3.63) is 69.1 Å². The van der Waals surface area contributed by atoms with E-state index in [1.165, 1.54) is 10.4 Å². The Labute approximate surface area is 197 Å². The Kier molecular flexibility index (Phi) is 5.19. The molecule has 0 radical (unpaired) electrons. The molecule has 0 amide bonds. The van der Waals surface area contributed by atoms with Gasteiger partial charge in [-0.3, -0.25) is 9.59 Å². The fraction of sp³-hybridized carbons (Fsp3) is 0.240. The van der Waals surface area contributed by atoms with E-state index in [4.69, 9.17) is 9.15 Å². The summed E-state index contributed by atoms with van der Waals surface area (Å²) in [6.07, 6.45) is 3.41. The fourth-order valence-electron chi connectivity index (χ4n) is 4.39. The van der Waals surface area contributed by atoms with Gasteiger partial charge in [0.25, 0.3) is 5.56 Å². The first-order valence-electron chi connectivity index (χ1n) is 10.9. The Morgan fingerprint density at radius 2 is 2.03 bits per heavy atom. The molecule has 6 rings (SSSR count). The third-order valence-corrected chi connectivity index (χ3v) is 8.05. The monoisotopic (exact) mass is 476 g/mol. The second-order valence-corrected chi connectivity index (χ2v) is 10.3. The summed E-state index contributed by atoms with van der Waals surface area (Å²) in [6.45, 7) is 0. The Morgan fingerprint density at radius 1 is 1.15 bits per heavy atom. The highest BCUT2D eigenvalue weighted by atomic mass is 32.2. The first kappa shape index (κ1) is 20.5. The molecule has 6 nitrogen and oxygen atoms in total. The molecule has 3 aromatic heterocycles. The molecule has 5 aromatic rings. The molecule has 0 atom stereocenters. The number of furan rings is 1. The van der Waals surface area contributed by atoms with E-state index in [2.05, 4.69) is 9.97 Å². The van der Waals surface area contributed by atoms with E-state index in [9.17, 15) is 9.59 Å². The Balaban J connectivity index is 1.07. The third kappa shape index (κ3) is 3.83. The zero-order valence-corrected chi connectivity index (χ0v) is 19.3. The molecule has 2 aromatic carbocycles. The van der Waals surface area contributed by atoms with Crippen LogP contribution in [0, 0.1) is 0 Å². The van der Waals surface area contributed by atoms with Crippen LogP contribution in [-0.4, -0.2) is 21.7 Å². The summed E-state index contributed by atoms with van der Waals surface area (Å²) in [5, 5.41) is 2.69. The zero-order valence-electron chi connectivity index (χ0n) is 17.7. The van der Waals surface area contributed by atoms with Crippen LogP contribution in [0.4, 0.5) is 0 Å². The number of para-hydroxylation sites is 1. The minimum absolute atomic E-state index is 0.0448. The van der Waals surface area contributed by atoms with Crippen LogP contribution in [0.3, 0.4) is 0 Å². The number of aryl methyl sites for hydroxylation is 2. The number of nitrogens with one attached hydrogen (secondary N) is 1. The molecular weight excluding hydrogens is 456 g/mol. The second kappa shape index (κ2) is 8.35. The first-order valence-corrected chi connectivity index (χ1v) is 12.9. The summed E-state index contributed by atoms with van der Waals surface area (Å²) in [7, 11) is 0. The van der Waals surface area contributed by atoms with E-state index in [0.29, 0.717) is 23.1 Å². The van der Waals surface area contributed by atoms with Crippen molar-refractivity contribution < 1.29 is 13.9 Å². The van der Waals surface area contributed by atoms with E-state index >= 15 is 0 Å². The van der Waals surface area contributed by atoms with E-state index in [1.54, 1.807) is 29.2 Å². The number of fused-ring (bicyclic) bond motifs is 6. The second-order valence-electron chi connectivity index (χ2n) is 8.08. The van der Waals surface area contributed by atoms with Gasteiger partial charge in [-0.1, -0.05) is 18.2 Å². The third-order valence-electron chi connectivity index (χ3n) is 5.89. The summed E-state index contributed by atoms with van der Waals surface area (Å²) >= 11 is 3.20. The van der Waals surface area contributed by atoms with Crippen molar-refractivity contribution in [2.75, 3.05) is 5.75 Å². The number of thioether (sulfide) groups is 1. The quantitative estimate of drug-likeness (QED) is 0.195. The Hall–Kier alpha value is -3.10. The summed E-state index contributed by atoms with van der Waals surface area (Å²) in [5.41, 5.74) is 2.72. The van der Waals surface area contributed by atoms with Gasteiger partial charge in [0.15, 0.2) is 0 Å². The van der Waals surface area contributed by atoms with Gasteiger partial charge in [0.2, 0.25) is 0 Å². The first-order chi connectivity index (χ1) is 16.2. The van der Waals surface area contributed by atoms with Crippen LogP contribution in [0.2, 0.25) is 0 Å². The number of thiophene rings is 1. The van der Waals surface area contributed by atoms with Crippen LogP contribution in [0.15, 0.2) is 51.7 Å². The molecule has 0 fully saturated rings. The minimum Gasteiger partial charge on any atom is -0.456 e. The Bertz CT molecular complexity index is 1580. The molecule has 1 aliphatic rings. The number of carbonyl (C=O) groups is 1. The van der Waals surface area contributed by atoms with Gasteiger partial charge >= 0.3 is 5.97 Å². The fourth-order valence-corrected chi connectivity index (χ4v) is 6.46. The number of benzene rings is 2. The lowest BCUT2D eigenvalue weighted by Gasteiger charge is -2.05. The lowest BCUT2D eigenvalue weighted by molar-refractivity contribution is -0.133. The van der Waals surface area contributed by atoms with Gasteiger partial charge in [-0.05, 0) is 49.1 Å². The van der Waals surface area contributed by atoms with Gasteiger partial charge in [-0.2, -0.15) is 11.8 Å². The van der Waals surface area contributed by atoms with Gasteiger partial charge in [0, 0.05) is 21.4 Å². The number of carbonyl (C=O) groups excluding carboxylic acids is 1. The molecule has 33 heavy (non-hydrogen) atoms. The van der Waals surface area contributed by atoms with Crippen molar-refractivity contribution >= 4 is 61.2 Å². The van der Waals surface area contributed by atoms with Crippen LogP contribution in [0.1, 0.15) is 29.1 Å². The SMILES string of the molecule is O=C(CCSCc1nc2sc3c(c2c(=O)[nH]1)CCC3)Oc1ccc2oc3ccccc3c2c1. The van der Waals surface area contributed by atoms with Gasteiger partial charge in [-0.25, -0.2) is 4.98 Å². The lowest BCUT2D eigenvalue weighted by Crippen LogP contribution is -2.12. The maximum absolute atomic E-state index is 12.5. The number of esters is 1. The van der Waals surface area contributed by atoms with E-state index in [0.717, 1.165) is 51.4 Å². The average Bonchev–Trinajstić information content (AvgIpc) is 3.49. The number of ether oxygens (including phenoxy) is 1. The zero-order chi connectivity index (χ0) is 22.4. The highest BCUT2D eigenvalue weighted by molar-refractivity contribution is 7.98. The van der Waals surface area contributed by atoms with Crippen LogP contribution >= 0.6 is 23.1 Å². The van der Waals surface area contributed by atoms with E-state index < -0.39 is 0 Å². The van der Waals surface area contributed by atoms with Gasteiger partial charge in [0.05, 0.1) is 17.6 Å². The number of nitrogens with zero attached hydrogens (tertiary/aromatic N) is 1. The predicted molar refractivity (Wildman–Crippen MR) is 132 cm³/mol. The van der Waals surface area contributed by atoms with Gasteiger partial charge in [-0.15, -0.1) is 11.3 Å². The summed E-state index contributed by atoms with van der Waals surface area (Å²) in [5.74, 6) is 2.00. The van der Waals surface area contributed by atoms with Gasteiger partial charge in [0.1, 0.15) is 27.6 Å². The van der Waals surface area contributed by atoms with Gasteiger partial charge < -0.3 is 14.1 Å². The summed E-state index contributed by atoms with van der Waals surface area (Å²) in [4.78, 5) is 34.6. The number of aromatic nitrogens is 2. The predicted octanol–water partition coefficient (Wildman–Crippen LogP) is 5.60. The normalized spacial score (nSPS) is 13.2. The lowest BCUT2D eigenvalue weighted by atomic mass is 10.1. The highest BCUT2D eigenvalue weighted by Crippen LogP contribution is 2.35. The molecule has 0 bridgehead atoms. The maximum atomic E-state index is 12.5. The molecular formula is C25H20N2O4S2. The molecule has 1 aliphatic carbocycles. The minimum atomic E-state index is -0.291. The number of hydrogen-bond donors (Lipinski definition) is 1. The van der Waals surface area contributed by atoms with Crippen molar-refractivity contribution in [1.82, 2.24) is 9.97 Å². The van der Waals surface area contributed by atoms with Crippen molar-refractivity contribution in [2.45, 2.75) is 31.4 Å². The molecule has 0 spiro atoms. The molecule has 0 saturated carbocycles. The van der Waals surface area contributed by atoms with E-state index in [-0.39, 0.29) is 17.9 Å². The van der Waals surface area contributed by atoms with Crippen molar-refractivity contribution in [2.24, 2.45) is 0 Å². The smallest absolute Gasteiger partial charge is 0.312 e. The summed E-state index contributed by atoms with van der Waals surface area (Å²) < 4.78 is 11.4. The van der Waals surface area contributed by atoms with E-state index in [1.807, 2.05) is 36.4 Å². The number of hydrogen-bond acceptors (Lipinski definition) is 7. The van der Waals surface area contributed by atoms with Crippen LogP contribution < -0.4 is 10.3 Å². The van der Waals surface area contributed by atoms with Crippen molar-refractivity contribution in [1.29, 1.82) is 0 Å². The van der Waals surface area contributed by atoms with Crippen molar-refractivity contribution in [3.8, 4) is 5.75 Å². The average molecular weight is 477 g/mol. The Morgan fingerprint density at radius 3 is 2.97 bits per heavy atom. The highest BCUT2D eigenvalue weighted by Gasteiger charge is 2.21. The topological polar surface area (TPSA) is 85.2 Å². The summed E-state index contributed by atoms with van der Waals surface area (Å²) in [6, 6.07) is 13.2. The van der Waals surface area contributed by atoms with Crippen LogP contribution in [0.25, 0.3) is 32.2 Å². The molecule has 1 N–H and O–H groups in total. The maximum Gasteiger partial charge on any atom is 0.312 e. The number of aromatic amines is 1. The largest absolute Gasteiger partial charge is 0.456 e.